The minimum Gasteiger partial charge on any atom is -0.347 e. The molecule has 5 rings (SSSR count). The monoisotopic (exact) mass is 462 g/mol. The topological polar surface area (TPSA) is 67.8 Å². The van der Waals surface area contributed by atoms with E-state index in [1.54, 1.807) is 12.5 Å². The molecule has 0 saturated carbocycles. The fraction of sp³-hybridized carbons (Fsp3) is 0.360. The van der Waals surface area contributed by atoms with Crippen LogP contribution in [0.5, 0.6) is 0 Å². The van der Waals surface area contributed by atoms with E-state index < -0.39 is 0 Å². The number of carbonyl (C=O) groups is 1. The lowest BCUT2D eigenvalue weighted by molar-refractivity contribution is 0.0954. The van der Waals surface area contributed by atoms with Gasteiger partial charge >= 0.3 is 0 Å². The standard InChI is InChI=1S/C25H26N4OS2/c1-14-10-15(21-20-17-6-5-7-18(17)31-23(20)29-13-28-21)8-9-16(14)11-26-22(30)19-12-27-24(32-19)25(2,3)4/h8-10,12-13H,5-7,11H2,1-4H3,(H,26,30). The summed E-state index contributed by atoms with van der Waals surface area (Å²) >= 11 is 3.27. The molecule has 0 bridgehead atoms. The summed E-state index contributed by atoms with van der Waals surface area (Å²) in [6.45, 7) is 8.89. The normalized spacial score (nSPS) is 13.5. The first-order chi connectivity index (χ1) is 15.3. The van der Waals surface area contributed by atoms with Crippen molar-refractivity contribution in [3.8, 4) is 11.3 Å². The average Bonchev–Trinajstić information content (AvgIpc) is 3.47. The molecule has 164 valence electrons. The van der Waals surface area contributed by atoms with Gasteiger partial charge in [0, 0.05) is 27.8 Å². The molecule has 3 heterocycles. The number of benzene rings is 1. The van der Waals surface area contributed by atoms with E-state index in [-0.39, 0.29) is 11.3 Å². The summed E-state index contributed by atoms with van der Waals surface area (Å²) in [7, 11) is 0. The van der Waals surface area contributed by atoms with E-state index in [0.717, 1.165) is 45.1 Å². The van der Waals surface area contributed by atoms with Crippen molar-refractivity contribution in [3.63, 3.8) is 0 Å². The maximum Gasteiger partial charge on any atom is 0.263 e. The summed E-state index contributed by atoms with van der Waals surface area (Å²) < 4.78 is 0. The fourth-order valence-corrected chi connectivity index (χ4v) is 6.30. The van der Waals surface area contributed by atoms with E-state index in [9.17, 15) is 4.79 Å². The number of rotatable bonds is 4. The average molecular weight is 463 g/mol. The molecule has 0 saturated heterocycles. The summed E-state index contributed by atoms with van der Waals surface area (Å²) in [5.74, 6) is -0.0761. The summed E-state index contributed by atoms with van der Waals surface area (Å²) in [5.41, 5.74) is 5.76. The van der Waals surface area contributed by atoms with Crippen molar-refractivity contribution >= 4 is 38.8 Å². The van der Waals surface area contributed by atoms with Crippen LogP contribution >= 0.6 is 22.7 Å². The van der Waals surface area contributed by atoms with E-state index in [0.29, 0.717) is 11.4 Å². The van der Waals surface area contributed by atoms with Crippen LogP contribution in [0.2, 0.25) is 0 Å². The third-order valence-electron chi connectivity index (χ3n) is 5.93. The maximum atomic E-state index is 12.6. The van der Waals surface area contributed by atoms with Gasteiger partial charge in [-0.25, -0.2) is 15.0 Å². The Kier molecular flexibility index (Phi) is 5.34. The van der Waals surface area contributed by atoms with Crippen LogP contribution in [0.4, 0.5) is 0 Å². The molecular formula is C25H26N4OS2. The lowest BCUT2D eigenvalue weighted by Crippen LogP contribution is -2.22. The Hall–Kier alpha value is -2.64. The third-order valence-corrected chi connectivity index (χ3v) is 8.55. The minimum absolute atomic E-state index is 0.0510. The summed E-state index contributed by atoms with van der Waals surface area (Å²) in [5, 5.41) is 5.25. The Morgan fingerprint density at radius 2 is 1.97 bits per heavy atom. The first-order valence-corrected chi connectivity index (χ1v) is 12.5. The van der Waals surface area contributed by atoms with Gasteiger partial charge in [-0.1, -0.05) is 32.9 Å². The van der Waals surface area contributed by atoms with Crippen molar-refractivity contribution in [2.45, 2.75) is 58.9 Å². The molecule has 0 unspecified atom stereocenters. The third kappa shape index (κ3) is 3.84. The largest absolute Gasteiger partial charge is 0.347 e. The van der Waals surface area contributed by atoms with Crippen LogP contribution in [0.1, 0.15) is 63.4 Å². The second-order valence-electron chi connectivity index (χ2n) is 9.36. The van der Waals surface area contributed by atoms with Crippen molar-refractivity contribution < 1.29 is 4.79 Å². The fourth-order valence-electron chi connectivity index (χ4n) is 4.18. The molecule has 1 N–H and O–H groups in total. The Morgan fingerprint density at radius 3 is 2.72 bits per heavy atom. The van der Waals surface area contributed by atoms with Crippen LogP contribution in [-0.2, 0) is 24.8 Å². The second-order valence-corrected chi connectivity index (χ2v) is 11.5. The van der Waals surface area contributed by atoms with E-state index in [2.05, 4.69) is 66.2 Å². The number of carbonyl (C=O) groups excluding carboxylic acids is 1. The van der Waals surface area contributed by atoms with Crippen LogP contribution in [0.25, 0.3) is 21.5 Å². The molecule has 1 amide bonds. The Bertz CT molecular complexity index is 1330. The molecule has 1 aromatic carbocycles. The molecule has 7 heteroatoms. The predicted molar refractivity (Wildman–Crippen MR) is 132 cm³/mol. The highest BCUT2D eigenvalue weighted by Gasteiger charge is 2.22. The quantitative estimate of drug-likeness (QED) is 0.414. The summed E-state index contributed by atoms with van der Waals surface area (Å²) in [6.07, 6.45) is 6.85. The van der Waals surface area contributed by atoms with Crippen LogP contribution < -0.4 is 5.32 Å². The van der Waals surface area contributed by atoms with Gasteiger partial charge in [-0.2, -0.15) is 0 Å². The van der Waals surface area contributed by atoms with Gasteiger partial charge in [0.15, 0.2) is 0 Å². The second kappa shape index (κ2) is 8.05. The van der Waals surface area contributed by atoms with Gasteiger partial charge in [-0.15, -0.1) is 22.7 Å². The number of hydrogen-bond donors (Lipinski definition) is 1. The van der Waals surface area contributed by atoms with E-state index in [4.69, 9.17) is 0 Å². The Balaban J connectivity index is 1.36. The molecule has 5 nitrogen and oxygen atoms in total. The SMILES string of the molecule is Cc1cc(-c2ncnc3sc4c(c23)CCC4)ccc1CNC(=O)c1cnc(C(C)(C)C)s1. The highest BCUT2D eigenvalue weighted by molar-refractivity contribution is 7.19. The van der Waals surface area contributed by atoms with Crippen molar-refractivity contribution in [1.82, 2.24) is 20.3 Å². The first kappa shape index (κ1) is 21.2. The molecule has 1 aliphatic rings. The van der Waals surface area contributed by atoms with E-state index in [1.165, 1.54) is 33.6 Å². The predicted octanol–water partition coefficient (Wildman–Crippen LogP) is 5.84. The van der Waals surface area contributed by atoms with E-state index in [1.807, 2.05) is 11.3 Å². The van der Waals surface area contributed by atoms with Crippen LogP contribution in [0, 0.1) is 6.92 Å². The number of nitrogens with zero attached hydrogens (tertiary/aromatic N) is 3. The Morgan fingerprint density at radius 1 is 1.12 bits per heavy atom. The molecule has 0 aliphatic heterocycles. The summed E-state index contributed by atoms with van der Waals surface area (Å²) in [4.78, 5) is 29.4. The molecule has 0 atom stereocenters. The van der Waals surface area contributed by atoms with Gasteiger partial charge in [0.05, 0.1) is 16.9 Å². The Labute approximate surface area is 196 Å². The van der Waals surface area contributed by atoms with Gasteiger partial charge < -0.3 is 5.32 Å². The lowest BCUT2D eigenvalue weighted by atomic mass is 9.98. The molecule has 3 aromatic heterocycles. The molecule has 1 aliphatic carbocycles. The number of nitrogens with one attached hydrogen (secondary N) is 1. The number of thiophene rings is 1. The zero-order chi connectivity index (χ0) is 22.5. The van der Waals surface area contributed by atoms with Crippen molar-refractivity contribution in [1.29, 1.82) is 0 Å². The molecule has 4 aromatic rings. The zero-order valence-electron chi connectivity index (χ0n) is 18.8. The van der Waals surface area contributed by atoms with E-state index >= 15 is 0 Å². The zero-order valence-corrected chi connectivity index (χ0v) is 20.4. The highest BCUT2D eigenvalue weighted by Crippen LogP contribution is 2.40. The van der Waals surface area contributed by atoms with Crippen molar-refractivity contribution in [3.05, 3.63) is 62.2 Å². The molecule has 0 radical (unpaired) electrons. The van der Waals surface area contributed by atoms with Crippen LogP contribution in [-0.4, -0.2) is 20.9 Å². The highest BCUT2D eigenvalue weighted by atomic mass is 32.1. The number of aromatic nitrogens is 3. The smallest absolute Gasteiger partial charge is 0.263 e. The summed E-state index contributed by atoms with van der Waals surface area (Å²) in [6, 6.07) is 6.38. The minimum atomic E-state index is -0.0761. The first-order valence-electron chi connectivity index (χ1n) is 10.9. The number of fused-ring (bicyclic) bond motifs is 3. The van der Waals surface area contributed by atoms with Crippen LogP contribution in [0.3, 0.4) is 0 Å². The molecular weight excluding hydrogens is 436 g/mol. The molecule has 0 spiro atoms. The van der Waals surface area contributed by atoms with Crippen molar-refractivity contribution in [2.75, 3.05) is 0 Å². The van der Waals surface area contributed by atoms with Gasteiger partial charge in [0.25, 0.3) is 5.91 Å². The molecule has 32 heavy (non-hydrogen) atoms. The van der Waals surface area contributed by atoms with Crippen molar-refractivity contribution in [2.24, 2.45) is 0 Å². The number of hydrogen-bond acceptors (Lipinski definition) is 6. The lowest BCUT2D eigenvalue weighted by Gasteiger charge is -2.13. The number of amides is 1. The van der Waals surface area contributed by atoms with Gasteiger partial charge in [0.1, 0.15) is 16.0 Å². The van der Waals surface area contributed by atoms with Crippen LogP contribution in [0.15, 0.2) is 30.7 Å². The van der Waals surface area contributed by atoms with Gasteiger partial charge in [-0.05, 0) is 48.9 Å². The number of thiazole rings is 1. The van der Waals surface area contributed by atoms with Gasteiger partial charge in [0.2, 0.25) is 0 Å². The van der Waals surface area contributed by atoms with Gasteiger partial charge in [-0.3, -0.25) is 4.79 Å². The maximum absolute atomic E-state index is 12.6. The number of aryl methyl sites for hydroxylation is 3. The molecule has 0 fully saturated rings.